The molecule has 0 radical (unpaired) electrons. The molecule has 6 heteroatoms. The smallest absolute Gasteiger partial charge is 0.252 e. The molecule has 26 heavy (non-hydrogen) atoms. The van der Waals surface area contributed by atoms with E-state index in [0.29, 0.717) is 17.5 Å². The van der Waals surface area contributed by atoms with Gasteiger partial charge in [-0.3, -0.25) is 9.48 Å². The van der Waals surface area contributed by atoms with Crippen molar-refractivity contribution in [1.82, 2.24) is 25.0 Å². The summed E-state index contributed by atoms with van der Waals surface area (Å²) in [7, 11) is 1.88. The van der Waals surface area contributed by atoms with Crippen LogP contribution in [0.5, 0.6) is 0 Å². The summed E-state index contributed by atoms with van der Waals surface area (Å²) < 4.78 is 1.76. The Hall–Kier alpha value is -1.95. The molecular formula is C20H29N5O. The van der Waals surface area contributed by atoms with Crippen LogP contribution in [-0.4, -0.2) is 51.2 Å². The van der Waals surface area contributed by atoms with Gasteiger partial charge in [0.15, 0.2) is 5.65 Å². The van der Waals surface area contributed by atoms with Crippen LogP contribution in [0.2, 0.25) is 0 Å². The molecule has 2 aliphatic rings. The molecule has 2 fully saturated rings. The van der Waals surface area contributed by atoms with Crippen LogP contribution >= 0.6 is 0 Å². The summed E-state index contributed by atoms with van der Waals surface area (Å²) in [5.41, 5.74) is 3.19. The Bertz CT molecular complexity index is 825. The number of hydrogen-bond acceptors (Lipinski definition) is 4. The molecule has 0 unspecified atom stereocenters. The van der Waals surface area contributed by atoms with Gasteiger partial charge in [0.2, 0.25) is 0 Å². The van der Waals surface area contributed by atoms with E-state index < -0.39 is 0 Å². The number of carbonyl (C=O) groups is 1. The maximum atomic E-state index is 13.0. The third-order valence-electron chi connectivity index (χ3n) is 6.09. The number of hydrogen-bond donors (Lipinski definition) is 1. The largest absolute Gasteiger partial charge is 0.352 e. The zero-order valence-corrected chi connectivity index (χ0v) is 16.1. The summed E-state index contributed by atoms with van der Waals surface area (Å²) in [4.78, 5) is 20.2. The van der Waals surface area contributed by atoms with E-state index in [4.69, 9.17) is 0 Å². The van der Waals surface area contributed by atoms with Crippen molar-refractivity contribution in [3.63, 3.8) is 0 Å². The van der Waals surface area contributed by atoms with Gasteiger partial charge >= 0.3 is 0 Å². The van der Waals surface area contributed by atoms with Gasteiger partial charge in [0.25, 0.3) is 5.91 Å². The Morgan fingerprint density at radius 3 is 2.88 bits per heavy atom. The van der Waals surface area contributed by atoms with Gasteiger partial charge in [-0.1, -0.05) is 6.42 Å². The third-order valence-corrected chi connectivity index (χ3v) is 6.09. The Balaban J connectivity index is 1.53. The molecule has 2 saturated heterocycles. The molecule has 2 aliphatic heterocycles. The first-order valence-corrected chi connectivity index (χ1v) is 9.88. The van der Waals surface area contributed by atoms with Crippen molar-refractivity contribution in [3.8, 4) is 0 Å². The number of amides is 1. The molecule has 0 aromatic carbocycles. The van der Waals surface area contributed by atoms with Crippen LogP contribution in [0.25, 0.3) is 11.0 Å². The molecule has 1 amide bonds. The van der Waals surface area contributed by atoms with E-state index in [-0.39, 0.29) is 5.91 Å². The van der Waals surface area contributed by atoms with Gasteiger partial charge in [-0.2, -0.15) is 5.10 Å². The lowest BCUT2D eigenvalue weighted by molar-refractivity contribution is 0.0576. The average Bonchev–Trinajstić information content (AvgIpc) is 2.92. The standard InChI is InChI=1S/C20H29N5O/c1-13-11-16(18-14(2)23-24(3)19(18)22-13)20(26)21-12-15-7-6-10-25-9-5-4-8-17(15)25/h11,15,17H,4-10,12H2,1-3H3,(H,21,26)/t15-,17+/m0/s1. The quantitative estimate of drug-likeness (QED) is 0.919. The minimum Gasteiger partial charge on any atom is -0.352 e. The van der Waals surface area contributed by atoms with Gasteiger partial charge < -0.3 is 10.2 Å². The third kappa shape index (κ3) is 3.11. The number of aryl methyl sites for hydroxylation is 3. The monoisotopic (exact) mass is 355 g/mol. The predicted octanol–water partition coefficient (Wildman–Crippen LogP) is 2.58. The van der Waals surface area contributed by atoms with Crippen molar-refractivity contribution in [1.29, 1.82) is 0 Å². The van der Waals surface area contributed by atoms with Gasteiger partial charge in [0.1, 0.15) is 0 Å². The van der Waals surface area contributed by atoms with Crippen LogP contribution < -0.4 is 5.32 Å². The molecule has 2 aromatic rings. The second kappa shape index (κ2) is 6.99. The van der Waals surface area contributed by atoms with Crippen LogP contribution in [0.4, 0.5) is 0 Å². The topological polar surface area (TPSA) is 63.1 Å². The highest BCUT2D eigenvalue weighted by atomic mass is 16.1. The summed E-state index contributed by atoms with van der Waals surface area (Å²) in [6.45, 7) is 7.10. The maximum absolute atomic E-state index is 13.0. The molecule has 0 spiro atoms. The van der Waals surface area contributed by atoms with Crippen LogP contribution in [0.15, 0.2) is 6.07 Å². The Morgan fingerprint density at radius 1 is 1.23 bits per heavy atom. The fourth-order valence-corrected chi connectivity index (χ4v) is 4.88. The molecule has 140 valence electrons. The molecule has 1 N–H and O–H groups in total. The van der Waals surface area contributed by atoms with Crippen LogP contribution in [0, 0.1) is 19.8 Å². The van der Waals surface area contributed by atoms with Crippen molar-refractivity contribution in [2.75, 3.05) is 19.6 Å². The molecule has 0 bridgehead atoms. The highest BCUT2D eigenvalue weighted by molar-refractivity contribution is 6.06. The van der Waals surface area contributed by atoms with Crippen molar-refractivity contribution in [3.05, 3.63) is 23.0 Å². The van der Waals surface area contributed by atoms with E-state index in [2.05, 4.69) is 20.3 Å². The highest BCUT2D eigenvalue weighted by Crippen LogP contribution is 2.30. The van der Waals surface area contributed by atoms with Crippen molar-refractivity contribution in [2.45, 2.75) is 52.0 Å². The molecule has 0 saturated carbocycles. The molecule has 6 nitrogen and oxygen atoms in total. The van der Waals surface area contributed by atoms with E-state index in [9.17, 15) is 4.79 Å². The number of piperidine rings is 2. The van der Waals surface area contributed by atoms with Crippen LogP contribution in [0.3, 0.4) is 0 Å². The normalized spacial score (nSPS) is 23.8. The highest BCUT2D eigenvalue weighted by Gasteiger charge is 2.33. The molecule has 4 rings (SSSR count). The molecule has 0 aliphatic carbocycles. The SMILES string of the molecule is Cc1cc(C(=O)NC[C@@H]2CCCN3CCCC[C@H]23)c2c(C)nn(C)c2n1. The molecule has 2 atom stereocenters. The molecular weight excluding hydrogens is 326 g/mol. The minimum atomic E-state index is 0.00420. The lowest BCUT2D eigenvalue weighted by Crippen LogP contribution is -2.51. The Morgan fingerprint density at radius 2 is 2.04 bits per heavy atom. The number of pyridine rings is 1. The summed E-state index contributed by atoms with van der Waals surface area (Å²) in [6, 6.07) is 2.54. The minimum absolute atomic E-state index is 0.00420. The van der Waals surface area contributed by atoms with Gasteiger partial charge in [0, 0.05) is 25.3 Å². The number of nitrogens with one attached hydrogen (secondary N) is 1. The van der Waals surface area contributed by atoms with Gasteiger partial charge in [0.05, 0.1) is 16.6 Å². The van der Waals surface area contributed by atoms with E-state index in [1.54, 1.807) is 4.68 Å². The average molecular weight is 355 g/mol. The first-order chi connectivity index (χ1) is 12.5. The second-order valence-corrected chi connectivity index (χ2v) is 7.93. The van der Waals surface area contributed by atoms with Crippen LogP contribution in [-0.2, 0) is 7.05 Å². The van der Waals surface area contributed by atoms with Crippen molar-refractivity contribution in [2.24, 2.45) is 13.0 Å². The van der Waals surface area contributed by atoms with E-state index >= 15 is 0 Å². The molecule has 2 aromatic heterocycles. The van der Waals surface area contributed by atoms with Gasteiger partial charge in [-0.25, -0.2) is 4.98 Å². The first-order valence-electron chi connectivity index (χ1n) is 9.88. The fraction of sp³-hybridized carbons (Fsp3) is 0.650. The van der Waals surface area contributed by atoms with Crippen molar-refractivity contribution < 1.29 is 4.79 Å². The summed E-state index contributed by atoms with van der Waals surface area (Å²) in [5.74, 6) is 0.575. The number of fused-ring (bicyclic) bond motifs is 2. The van der Waals surface area contributed by atoms with Gasteiger partial charge in [-0.05, 0) is 64.6 Å². The second-order valence-electron chi connectivity index (χ2n) is 7.93. The fourth-order valence-electron chi connectivity index (χ4n) is 4.88. The van der Waals surface area contributed by atoms with E-state index in [1.165, 1.54) is 45.2 Å². The summed E-state index contributed by atoms with van der Waals surface area (Å²) >= 11 is 0. The van der Waals surface area contributed by atoms with E-state index in [1.807, 2.05) is 27.0 Å². The van der Waals surface area contributed by atoms with E-state index in [0.717, 1.165) is 29.0 Å². The zero-order chi connectivity index (χ0) is 18.3. The lowest BCUT2D eigenvalue weighted by atomic mass is 9.83. The maximum Gasteiger partial charge on any atom is 0.252 e. The number of aromatic nitrogens is 3. The molecule has 4 heterocycles. The Labute approximate surface area is 155 Å². The number of carbonyl (C=O) groups excluding carboxylic acids is 1. The zero-order valence-electron chi connectivity index (χ0n) is 16.1. The number of nitrogens with zero attached hydrogens (tertiary/aromatic N) is 4. The predicted molar refractivity (Wildman–Crippen MR) is 102 cm³/mol. The van der Waals surface area contributed by atoms with Crippen molar-refractivity contribution >= 4 is 16.9 Å². The number of rotatable bonds is 3. The first kappa shape index (κ1) is 17.5. The van der Waals surface area contributed by atoms with Gasteiger partial charge in [-0.15, -0.1) is 0 Å². The Kier molecular flexibility index (Phi) is 4.69. The lowest BCUT2D eigenvalue weighted by Gasteiger charge is -2.44. The summed E-state index contributed by atoms with van der Waals surface area (Å²) in [5, 5.41) is 8.55. The van der Waals surface area contributed by atoms with Crippen LogP contribution in [0.1, 0.15) is 53.8 Å². The summed E-state index contributed by atoms with van der Waals surface area (Å²) in [6.07, 6.45) is 6.39.